The van der Waals surface area contributed by atoms with Crippen LogP contribution in [0.15, 0.2) is 0 Å². The van der Waals surface area contributed by atoms with Gasteiger partial charge >= 0.3 is 6.09 Å². The SMILES string of the molecule is CN(C(=O)CNC(=O)OC(C)(C)C)[C@@H](CS)C(N)=O. The number of likely N-dealkylation sites (N-methyl/N-ethyl adjacent to an activating group) is 1. The van der Waals surface area contributed by atoms with Gasteiger partial charge in [-0.2, -0.15) is 12.6 Å². The lowest BCUT2D eigenvalue weighted by atomic mass is 10.2. The molecule has 0 fully saturated rings. The smallest absolute Gasteiger partial charge is 0.408 e. The highest BCUT2D eigenvalue weighted by atomic mass is 32.1. The van der Waals surface area contributed by atoms with E-state index >= 15 is 0 Å². The summed E-state index contributed by atoms with van der Waals surface area (Å²) < 4.78 is 4.97. The van der Waals surface area contributed by atoms with Crippen molar-refractivity contribution in [2.45, 2.75) is 32.4 Å². The van der Waals surface area contributed by atoms with Crippen molar-refractivity contribution in [1.29, 1.82) is 0 Å². The molecule has 0 aliphatic carbocycles. The Balaban J connectivity index is 4.31. The van der Waals surface area contributed by atoms with Crippen LogP contribution in [0.1, 0.15) is 20.8 Å². The molecular weight excluding hydrogens is 270 g/mol. The first-order chi connectivity index (χ1) is 8.58. The number of nitrogens with one attached hydrogen (secondary N) is 1. The zero-order valence-corrected chi connectivity index (χ0v) is 12.5. The van der Waals surface area contributed by atoms with E-state index in [0.717, 1.165) is 4.90 Å². The monoisotopic (exact) mass is 291 g/mol. The zero-order valence-electron chi connectivity index (χ0n) is 11.6. The molecule has 8 heteroatoms. The van der Waals surface area contributed by atoms with E-state index < -0.39 is 29.6 Å². The summed E-state index contributed by atoms with van der Waals surface area (Å²) in [6.07, 6.45) is -0.698. The molecule has 110 valence electrons. The van der Waals surface area contributed by atoms with Gasteiger partial charge in [0.25, 0.3) is 0 Å². The number of thiol groups is 1. The van der Waals surface area contributed by atoms with E-state index in [9.17, 15) is 14.4 Å². The Kier molecular flexibility index (Phi) is 6.68. The molecule has 0 aliphatic rings. The Bertz CT molecular complexity index is 354. The van der Waals surface area contributed by atoms with Crippen LogP contribution in [0.3, 0.4) is 0 Å². The van der Waals surface area contributed by atoms with Crippen LogP contribution in [0.4, 0.5) is 4.79 Å². The van der Waals surface area contributed by atoms with Crippen molar-refractivity contribution in [2.75, 3.05) is 19.3 Å². The van der Waals surface area contributed by atoms with Gasteiger partial charge in [-0.25, -0.2) is 4.79 Å². The highest BCUT2D eigenvalue weighted by Gasteiger charge is 2.24. The lowest BCUT2D eigenvalue weighted by Gasteiger charge is -2.25. The quantitative estimate of drug-likeness (QED) is 0.608. The van der Waals surface area contributed by atoms with E-state index in [4.69, 9.17) is 10.5 Å². The van der Waals surface area contributed by atoms with Gasteiger partial charge in [-0.15, -0.1) is 0 Å². The van der Waals surface area contributed by atoms with Crippen molar-refractivity contribution in [3.8, 4) is 0 Å². The minimum Gasteiger partial charge on any atom is -0.444 e. The van der Waals surface area contributed by atoms with E-state index in [1.54, 1.807) is 20.8 Å². The molecule has 0 aromatic heterocycles. The summed E-state index contributed by atoms with van der Waals surface area (Å²) in [6, 6.07) is -0.809. The summed E-state index contributed by atoms with van der Waals surface area (Å²) in [6.45, 7) is 4.86. The fourth-order valence-electron chi connectivity index (χ4n) is 1.16. The van der Waals surface area contributed by atoms with Crippen LogP contribution in [0.2, 0.25) is 0 Å². The molecule has 0 radical (unpaired) electrons. The highest BCUT2D eigenvalue weighted by molar-refractivity contribution is 7.80. The second kappa shape index (κ2) is 7.22. The molecule has 3 N–H and O–H groups in total. The molecule has 0 heterocycles. The number of amides is 3. The Labute approximate surface area is 118 Å². The molecule has 0 unspecified atom stereocenters. The average molecular weight is 291 g/mol. The lowest BCUT2D eigenvalue weighted by Crippen LogP contribution is -2.50. The Morgan fingerprint density at radius 2 is 1.89 bits per heavy atom. The number of hydrogen-bond donors (Lipinski definition) is 3. The number of nitrogens with zero attached hydrogens (tertiary/aromatic N) is 1. The number of alkyl carbamates (subject to hydrolysis) is 1. The van der Waals surface area contributed by atoms with E-state index in [1.165, 1.54) is 7.05 Å². The minimum absolute atomic E-state index is 0.115. The number of hydrogen-bond acceptors (Lipinski definition) is 5. The van der Waals surface area contributed by atoms with Gasteiger partial charge in [0.1, 0.15) is 18.2 Å². The van der Waals surface area contributed by atoms with Crippen LogP contribution in [-0.4, -0.2) is 53.8 Å². The van der Waals surface area contributed by atoms with Gasteiger partial charge in [-0.05, 0) is 20.8 Å². The van der Waals surface area contributed by atoms with Crippen molar-refractivity contribution in [3.05, 3.63) is 0 Å². The lowest BCUT2D eigenvalue weighted by molar-refractivity contribution is -0.136. The topological polar surface area (TPSA) is 102 Å². The van der Waals surface area contributed by atoms with Crippen LogP contribution in [0.5, 0.6) is 0 Å². The van der Waals surface area contributed by atoms with Gasteiger partial charge in [-0.1, -0.05) is 0 Å². The fourth-order valence-corrected chi connectivity index (χ4v) is 1.59. The standard InChI is InChI=1S/C11H21N3O4S/c1-11(2,3)18-10(17)13-5-8(15)14(4)7(6-19)9(12)16/h7,19H,5-6H2,1-4H3,(H2,12,16)(H,13,17)/t7-/m0/s1. The second-order valence-corrected chi connectivity index (χ2v) is 5.33. The first kappa shape index (κ1) is 17.6. The first-order valence-corrected chi connectivity index (χ1v) is 6.34. The van der Waals surface area contributed by atoms with E-state index in [2.05, 4.69) is 17.9 Å². The van der Waals surface area contributed by atoms with Crippen molar-refractivity contribution < 1.29 is 19.1 Å². The van der Waals surface area contributed by atoms with E-state index in [0.29, 0.717) is 0 Å². The van der Waals surface area contributed by atoms with Gasteiger partial charge < -0.3 is 20.7 Å². The van der Waals surface area contributed by atoms with Gasteiger partial charge in [0, 0.05) is 12.8 Å². The molecule has 7 nitrogen and oxygen atoms in total. The molecule has 0 aliphatic heterocycles. The Morgan fingerprint density at radius 3 is 2.26 bits per heavy atom. The molecule has 0 rings (SSSR count). The largest absolute Gasteiger partial charge is 0.444 e. The maximum absolute atomic E-state index is 11.7. The molecule has 19 heavy (non-hydrogen) atoms. The number of rotatable bonds is 5. The molecule has 1 atom stereocenters. The van der Waals surface area contributed by atoms with Crippen LogP contribution >= 0.6 is 12.6 Å². The summed E-state index contributed by atoms with van der Waals surface area (Å²) in [5.41, 5.74) is 4.49. The summed E-state index contributed by atoms with van der Waals surface area (Å²) in [4.78, 5) is 35.3. The minimum atomic E-state index is -0.809. The third-order valence-electron chi connectivity index (χ3n) is 2.15. The normalized spacial score (nSPS) is 12.5. The van der Waals surface area contributed by atoms with Crippen molar-refractivity contribution in [1.82, 2.24) is 10.2 Å². The van der Waals surface area contributed by atoms with Crippen LogP contribution in [0, 0.1) is 0 Å². The molecule has 0 spiro atoms. The highest BCUT2D eigenvalue weighted by Crippen LogP contribution is 2.06. The Hall–Kier alpha value is -1.44. The number of nitrogens with two attached hydrogens (primary N) is 1. The predicted molar refractivity (Wildman–Crippen MR) is 73.8 cm³/mol. The number of carbonyl (C=O) groups excluding carboxylic acids is 3. The first-order valence-electron chi connectivity index (χ1n) is 5.71. The third kappa shape index (κ3) is 6.90. The van der Waals surface area contributed by atoms with Crippen molar-refractivity contribution >= 4 is 30.5 Å². The number of ether oxygens (including phenoxy) is 1. The Morgan fingerprint density at radius 1 is 1.37 bits per heavy atom. The van der Waals surface area contributed by atoms with Crippen LogP contribution < -0.4 is 11.1 Å². The van der Waals surface area contributed by atoms with E-state index in [-0.39, 0.29) is 12.3 Å². The van der Waals surface area contributed by atoms with Crippen molar-refractivity contribution in [3.63, 3.8) is 0 Å². The van der Waals surface area contributed by atoms with Gasteiger partial charge in [0.2, 0.25) is 11.8 Å². The number of carbonyl (C=O) groups is 3. The molecule has 0 saturated carbocycles. The zero-order chi connectivity index (χ0) is 15.2. The fraction of sp³-hybridized carbons (Fsp3) is 0.727. The molecule has 0 bridgehead atoms. The molecule has 0 aromatic carbocycles. The molecule has 3 amide bonds. The maximum atomic E-state index is 11.7. The second-order valence-electron chi connectivity index (χ2n) is 4.96. The van der Waals surface area contributed by atoms with E-state index in [1.807, 2.05) is 0 Å². The number of primary amides is 1. The van der Waals surface area contributed by atoms with Crippen molar-refractivity contribution in [2.24, 2.45) is 5.73 Å². The molecule has 0 aromatic rings. The van der Waals surface area contributed by atoms with Crippen LogP contribution in [0.25, 0.3) is 0 Å². The van der Waals surface area contributed by atoms with Gasteiger partial charge in [0.05, 0.1) is 0 Å². The maximum Gasteiger partial charge on any atom is 0.408 e. The summed E-state index contributed by atoms with van der Waals surface area (Å²) in [5, 5.41) is 2.31. The third-order valence-corrected chi connectivity index (χ3v) is 2.49. The summed E-state index contributed by atoms with van der Waals surface area (Å²) in [7, 11) is 1.42. The molecular formula is C11H21N3O4S. The van der Waals surface area contributed by atoms with Gasteiger partial charge in [0.15, 0.2) is 0 Å². The summed E-state index contributed by atoms with van der Waals surface area (Å²) in [5.74, 6) is -0.990. The summed E-state index contributed by atoms with van der Waals surface area (Å²) >= 11 is 3.95. The van der Waals surface area contributed by atoms with Gasteiger partial charge in [-0.3, -0.25) is 9.59 Å². The predicted octanol–water partition coefficient (Wildman–Crippen LogP) is -0.247. The average Bonchev–Trinajstić information content (AvgIpc) is 2.23. The van der Waals surface area contributed by atoms with Crippen LogP contribution in [-0.2, 0) is 14.3 Å². The molecule has 0 saturated heterocycles.